The molecule has 0 aliphatic heterocycles. The number of hydrogen-bond acceptors (Lipinski definition) is 4. The zero-order chi connectivity index (χ0) is 12.0. The lowest BCUT2D eigenvalue weighted by Gasteiger charge is -2.16. The average molecular weight is 228 g/mol. The Morgan fingerprint density at radius 2 is 2.19 bits per heavy atom. The Morgan fingerprint density at radius 1 is 1.44 bits per heavy atom. The number of anilines is 2. The molecule has 0 heterocycles. The molecule has 0 saturated carbocycles. The van der Waals surface area contributed by atoms with Gasteiger partial charge in [0.2, 0.25) is 0 Å². The fourth-order valence-corrected chi connectivity index (χ4v) is 1.31. The number of nitrogens with two attached hydrogens (primary N) is 1. The van der Waals surface area contributed by atoms with Crippen LogP contribution in [0.3, 0.4) is 0 Å². The average Bonchev–Trinajstić information content (AvgIpc) is 2.26. The highest BCUT2D eigenvalue weighted by molar-refractivity contribution is 5.65. The molecule has 1 aromatic rings. The van der Waals surface area contributed by atoms with Crippen LogP contribution in [0.1, 0.15) is 0 Å². The summed E-state index contributed by atoms with van der Waals surface area (Å²) in [6.07, 6.45) is -0.0607. The minimum Gasteiger partial charge on any atom is -0.397 e. The summed E-state index contributed by atoms with van der Waals surface area (Å²) >= 11 is 0. The monoisotopic (exact) mass is 228 g/mol. The molecule has 0 aliphatic carbocycles. The Labute approximate surface area is 94.5 Å². The lowest BCUT2D eigenvalue weighted by atomic mass is 10.2. The van der Waals surface area contributed by atoms with E-state index in [0.717, 1.165) is 0 Å². The molecule has 0 fully saturated rings. The predicted molar refractivity (Wildman–Crippen MR) is 62.0 cm³/mol. The van der Waals surface area contributed by atoms with Gasteiger partial charge in [0.15, 0.2) is 0 Å². The number of nitrogen functional groups attached to an aromatic ring is 1. The number of methoxy groups -OCH3 is 2. The summed E-state index contributed by atoms with van der Waals surface area (Å²) in [5.41, 5.74) is 6.72. The molecular formula is C11H17FN2O2. The number of rotatable bonds is 6. The normalized spacial score (nSPS) is 12.4. The van der Waals surface area contributed by atoms with E-state index in [0.29, 0.717) is 24.5 Å². The number of nitrogens with one attached hydrogen (secondary N) is 1. The smallest absolute Gasteiger partial charge is 0.125 e. The Balaban J connectivity index is 2.53. The molecule has 0 radical (unpaired) electrons. The van der Waals surface area contributed by atoms with Gasteiger partial charge < -0.3 is 20.5 Å². The van der Waals surface area contributed by atoms with Crippen molar-refractivity contribution in [2.75, 3.05) is 38.4 Å². The highest BCUT2D eigenvalue weighted by Crippen LogP contribution is 2.18. The topological polar surface area (TPSA) is 56.5 Å². The van der Waals surface area contributed by atoms with E-state index in [-0.39, 0.29) is 11.9 Å². The van der Waals surface area contributed by atoms with E-state index < -0.39 is 0 Å². The van der Waals surface area contributed by atoms with Gasteiger partial charge in [-0.1, -0.05) is 0 Å². The van der Waals surface area contributed by atoms with Gasteiger partial charge in [-0.2, -0.15) is 0 Å². The molecule has 0 saturated heterocycles. The van der Waals surface area contributed by atoms with Crippen molar-refractivity contribution in [1.29, 1.82) is 0 Å². The third-order valence-corrected chi connectivity index (χ3v) is 2.22. The van der Waals surface area contributed by atoms with Crippen molar-refractivity contribution in [3.63, 3.8) is 0 Å². The lowest BCUT2D eigenvalue weighted by Crippen LogP contribution is -2.26. The summed E-state index contributed by atoms with van der Waals surface area (Å²) in [5, 5.41) is 3.08. The first-order valence-corrected chi connectivity index (χ1v) is 4.98. The van der Waals surface area contributed by atoms with Gasteiger partial charge in [0, 0.05) is 20.8 Å². The van der Waals surface area contributed by atoms with E-state index in [4.69, 9.17) is 15.2 Å². The van der Waals surface area contributed by atoms with Crippen molar-refractivity contribution in [3.8, 4) is 0 Å². The third-order valence-electron chi connectivity index (χ3n) is 2.22. The largest absolute Gasteiger partial charge is 0.397 e. The van der Waals surface area contributed by atoms with Crippen molar-refractivity contribution in [2.45, 2.75) is 6.10 Å². The van der Waals surface area contributed by atoms with Gasteiger partial charge >= 0.3 is 0 Å². The van der Waals surface area contributed by atoms with Crippen molar-refractivity contribution < 1.29 is 13.9 Å². The van der Waals surface area contributed by atoms with Crippen LogP contribution in [0.15, 0.2) is 18.2 Å². The first-order valence-electron chi connectivity index (χ1n) is 4.98. The standard InChI is InChI=1S/C11H17FN2O2/c1-15-7-9(16-2)6-14-11-4-3-8(12)5-10(11)13/h3-5,9,14H,6-7,13H2,1-2H3. The zero-order valence-electron chi connectivity index (χ0n) is 9.50. The van der Waals surface area contributed by atoms with Crippen LogP contribution in [0, 0.1) is 5.82 Å². The minimum atomic E-state index is -0.344. The molecule has 0 aliphatic rings. The molecule has 3 N–H and O–H groups in total. The van der Waals surface area contributed by atoms with Crippen LogP contribution in [-0.2, 0) is 9.47 Å². The maximum atomic E-state index is 12.8. The van der Waals surface area contributed by atoms with E-state index in [2.05, 4.69) is 5.32 Å². The van der Waals surface area contributed by atoms with Crippen LogP contribution in [0.5, 0.6) is 0 Å². The Kier molecular flexibility index (Phi) is 5.01. The number of hydrogen-bond donors (Lipinski definition) is 2. The van der Waals surface area contributed by atoms with E-state index in [1.807, 2.05) is 0 Å². The summed E-state index contributed by atoms with van der Waals surface area (Å²) in [4.78, 5) is 0. The Morgan fingerprint density at radius 3 is 2.75 bits per heavy atom. The molecule has 0 bridgehead atoms. The summed E-state index contributed by atoms with van der Waals surface area (Å²) < 4.78 is 22.9. The van der Waals surface area contributed by atoms with Crippen LogP contribution in [0.25, 0.3) is 0 Å². The van der Waals surface area contributed by atoms with Crippen LogP contribution < -0.4 is 11.1 Å². The van der Waals surface area contributed by atoms with Gasteiger partial charge in [-0.15, -0.1) is 0 Å². The highest BCUT2D eigenvalue weighted by Gasteiger charge is 2.07. The molecule has 0 aromatic heterocycles. The molecule has 16 heavy (non-hydrogen) atoms. The van der Waals surface area contributed by atoms with Gasteiger partial charge in [0.1, 0.15) is 5.82 Å². The Hall–Kier alpha value is -1.33. The summed E-state index contributed by atoms with van der Waals surface area (Å²) in [6.45, 7) is 1.05. The van der Waals surface area contributed by atoms with Gasteiger partial charge in [-0.05, 0) is 18.2 Å². The van der Waals surface area contributed by atoms with Crippen LogP contribution in [0.4, 0.5) is 15.8 Å². The predicted octanol–water partition coefficient (Wildman–Crippen LogP) is 1.48. The van der Waals surface area contributed by atoms with Crippen LogP contribution in [-0.4, -0.2) is 33.5 Å². The van der Waals surface area contributed by atoms with E-state index in [9.17, 15) is 4.39 Å². The van der Waals surface area contributed by atoms with Crippen molar-refractivity contribution in [3.05, 3.63) is 24.0 Å². The molecule has 1 aromatic carbocycles. The Bertz CT molecular complexity index is 334. The first kappa shape index (κ1) is 12.7. The lowest BCUT2D eigenvalue weighted by molar-refractivity contribution is 0.0366. The molecule has 90 valence electrons. The molecule has 1 unspecified atom stereocenters. The molecule has 0 amide bonds. The molecule has 1 rings (SSSR count). The zero-order valence-corrected chi connectivity index (χ0v) is 9.50. The number of benzene rings is 1. The minimum absolute atomic E-state index is 0.0607. The van der Waals surface area contributed by atoms with E-state index in [1.54, 1.807) is 20.3 Å². The fourth-order valence-electron chi connectivity index (χ4n) is 1.31. The van der Waals surface area contributed by atoms with E-state index in [1.165, 1.54) is 12.1 Å². The van der Waals surface area contributed by atoms with E-state index >= 15 is 0 Å². The second-order valence-corrected chi connectivity index (χ2v) is 3.43. The van der Waals surface area contributed by atoms with Gasteiger partial charge in [-0.3, -0.25) is 0 Å². The maximum absolute atomic E-state index is 12.8. The molecular weight excluding hydrogens is 211 g/mol. The van der Waals surface area contributed by atoms with Crippen LogP contribution >= 0.6 is 0 Å². The number of halogens is 1. The van der Waals surface area contributed by atoms with Gasteiger partial charge in [0.25, 0.3) is 0 Å². The number of ether oxygens (including phenoxy) is 2. The van der Waals surface area contributed by atoms with Crippen molar-refractivity contribution in [2.24, 2.45) is 0 Å². The van der Waals surface area contributed by atoms with Crippen molar-refractivity contribution >= 4 is 11.4 Å². The van der Waals surface area contributed by atoms with Crippen LogP contribution in [0.2, 0.25) is 0 Å². The SMILES string of the molecule is COCC(CNc1ccc(F)cc1N)OC. The summed E-state index contributed by atoms with van der Waals surface area (Å²) in [5.74, 6) is -0.344. The first-order chi connectivity index (χ1) is 7.67. The summed E-state index contributed by atoms with van der Waals surface area (Å²) in [7, 11) is 3.22. The quantitative estimate of drug-likeness (QED) is 0.724. The second kappa shape index (κ2) is 6.30. The summed E-state index contributed by atoms with van der Waals surface area (Å²) in [6, 6.07) is 4.24. The van der Waals surface area contributed by atoms with Gasteiger partial charge in [0.05, 0.1) is 24.1 Å². The molecule has 4 nitrogen and oxygen atoms in total. The van der Waals surface area contributed by atoms with Crippen molar-refractivity contribution in [1.82, 2.24) is 0 Å². The molecule has 1 atom stereocenters. The van der Waals surface area contributed by atoms with Gasteiger partial charge in [-0.25, -0.2) is 4.39 Å². The maximum Gasteiger partial charge on any atom is 0.125 e. The second-order valence-electron chi connectivity index (χ2n) is 3.43. The third kappa shape index (κ3) is 3.67. The molecule has 0 spiro atoms. The fraction of sp³-hybridized carbons (Fsp3) is 0.455. The molecule has 5 heteroatoms. The highest BCUT2D eigenvalue weighted by atomic mass is 19.1.